The molecule has 9 nitrogen and oxygen atoms in total. The summed E-state index contributed by atoms with van der Waals surface area (Å²) in [5, 5.41) is 29.6. The number of nitriles is 1. The molecule has 3 N–H and O–H groups in total. The van der Waals surface area contributed by atoms with Crippen LogP contribution < -0.4 is 10.6 Å². The summed E-state index contributed by atoms with van der Waals surface area (Å²) in [5.41, 5.74) is 1.96. The highest BCUT2D eigenvalue weighted by molar-refractivity contribution is 6.00. The second-order valence-corrected chi connectivity index (χ2v) is 10.5. The molecule has 4 heterocycles. The largest absolute Gasteiger partial charge is 0.387 e. The lowest BCUT2D eigenvalue weighted by Gasteiger charge is -2.33. The van der Waals surface area contributed by atoms with Gasteiger partial charge in [-0.15, -0.1) is 0 Å². The first-order valence-electron chi connectivity index (χ1n) is 12.8. The van der Waals surface area contributed by atoms with Crippen LogP contribution in [-0.2, 0) is 0 Å². The maximum absolute atomic E-state index is 14.3. The lowest BCUT2D eigenvalue weighted by Crippen LogP contribution is -2.42. The number of hydrogen-bond donors (Lipinski definition) is 3. The van der Waals surface area contributed by atoms with Crippen LogP contribution in [-0.4, -0.2) is 74.0 Å². The van der Waals surface area contributed by atoms with Gasteiger partial charge >= 0.3 is 0 Å². The van der Waals surface area contributed by atoms with Crippen molar-refractivity contribution in [2.45, 2.75) is 63.4 Å². The Morgan fingerprint density at radius 3 is 2.68 bits per heavy atom. The number of anilines is 1. The van der Waals surface area contributed by atoms with Crippen molar-refractivity contribution < 1.29 is 14.3 Å². The van der Waals surface area contributed by atoms with E-state index in [0.717, 1.165) is 43.2 Å². The number of halogens is 1. The molecule has 1 aliphatic heterocycles. The minimum Gasteiger partial charge on any atom is -0.387 e. The van der Waals surface area contributed by atoms with Crippen molar-refractivity contribution in [2.75, 3.05) is 25.0 Å². The van der Waals surface area contributed by atoms with Gasteiger partial charge in [-0.2, -0.15) is 10.4 Å². The molecule has 0 radical (unpaired) electrons. The summed E-state index contributed by atoms with van der Waals surface area (Å²) >= 11 is 0. The van der Waals surface area contributed by atoms with E-state index in [1.165, 1.54) is 39.1 Å². The van der Waals surface area contributed by atoms with Crippen LogP contribution >= 0.6 is 0 Å². The first-order chi connectivity index (χ1) is 17.7. The zero-order valence-electron chi connectivity index (χ0n) is 21.1. The maximum Gasteiger partial charge on any atom is 0.255 e. The molecule has 1 amide bonds. The third kappa shape index (κ3) is 5.58. The van der Waals surface area contributed by atoms with Gasteiger partial charge in [0.05, 0.1) is 52.1 Å². The van der Waals surface area contributed by atoms with Gasteiger partial charge in [0.1, 0.15) is 12.2 Å². The Bertz CT molecular complexity index is 1330. The molecule has 1 aliphatic carbocycles. The minimum absolute atomic E-state index is 0.197. The van der Waals surface area contributed by atoms with Crippen molar-refractivity contribution in [3.63, 3.8) is 0 Å². The van der Waals surface area contributed by atoms with Crippen LogP contribution in [0.1, 0.15) is 55.5 Å². The second kappa shape index (κ2) is 10.1. The third-order valence-electron chi connectivity index (χ3n) is 7.20. The van der Waals surface area contributed by atoms with E-state index in [4.69, 9.17) is 0 Å². The number of aromatic nitrogens is 3. The normalized spacial score (nSPS) is 17.9. The molecule has 10 heteroatoms. The predicted octanol–water partition coefficient (Wildman–Crippen LogP) is 3.15. The van der Waals surface area contributed by atoms with E-state index in [0.29, 0.717) is 22.5 Å². The van der Waals surface area contributed by atoms with Crippen LogP contribution in [0.2, 0.25) is 0 Å². The van der Waals surface area contributed by atoms with Gasteiger partial charge in [0.15, 0.2) is 0 Å². The van der Waals surface area contributed by atoms with E-state index in [1.807, 2.05) is 18.2 Å². The average Bonchev–Trinajstić information content (AvgIpc) is 3.65. The number of carbonyl (C=O) groups excluding carboxylic acids is 1. The Labute approximate surface area is 215 Å². The lowest BCUT2D eigenvalue weighted by molar-refractivity contribution is -0.00177. The molecule has 2 fully saturated rings. The highest BCUT2D eigenvalue weighted by atomic mass is 19.1. The van der Waals surface area contributed by atoms with Crippen LogP contribution in [0.3, 0.4) is 0 Å². The molecule has 0 bridgehead atoms. The fraction of sp³-hybridized carbons (Fsp3) is 0.481. The number of fused-ring (bicyclic) bond motifs is 1. The quantitative estimate of drug-likeness (QED) is 0.430. The van der Waals surface area contributed by atoms with Gasteiger partial charge in [0.25, 0.3) is 5.91 Å². The molecule has 1 unspecified atom stereocenters. The number of alkyl halides is 1. The molecule has 5 rings (SSSR count). The molecule has 0 spiro atoms. The number of rotatable bonds is 8. The number of pyridine rings is 1. The van der Waals surface area contributed by atoms with Crippen molar-refractivity contribution in [1.82, 2.24) is 24.8 Å². The van der Waals surface area contributed by atoms with Crippen molar-refractivity contribution in [1.29, 1.82) is 5.26 Å². The van der Waals surface area contributed by atoms with Gasteiger partial charge in [-0.1, -0.05) is 0 Å². The SMILES string of the molecule is CC(C)(O)C(F)CNC(=O)c1cnc(-c2ccc3cc(C#N)cnn23)cc1NC1CCN(C2CC2)CC1. The van der Waals surface area contributed by atoms with E-state index in [9.17, 15) is 19.6 Å². The summed E-state index contributed by atoms with van der Waals surface area (Å²) in [6, 6.07) is 10.3. The van der Waals surface area contributed by atoms with Crippen LogP contribution in [0.5, 0.6) is 0 Å². The van der Waals surface area contributed by atoms with E-state index in [1.54, 1.807) is 10.6 Å². The number of nitrogens with zero attached hydrogens (tertiary/aromatic N) is 5. The molecular weight excluding hydrogens is 473 g/mol. The summed E-state index contributed by atoms with van der Waals surface area (Å²) in [6.45, 7) is 4.47. The van der Waals surface area contributed by atoms with Crippen molar-refractivity contribution in [2.24, 2.45) is 0 Å². The average molecular weight is 506 g/mol. The Balaban J connectivity index is 1.41. The minimum atomic E-state index is -1.61. The lowest BCUT2D eigenvalue weighted by atomic mass is 10.0. The Hall–Kier alpha value is -3.55. The Morgan fingerprint density at radius 1 is 1.24 bits per heavy atom. The van der Waals surface area contributed by atoms with Gasteiger partial charge in [-0.25, -0.2) is 8.91 Å². The predicted molar refractivity (Wildman–Crippen MR) is 138 cm³/mol. The highest BCUT2D eigenvalue weighted by Gasteiger charge is 2.32. The van der Waals surface area contributed by atoms with Crippen LogP contribution in [0.4, 0.5) is 10.1 Å². The summed E-state index contributed by atoms with van der Waals surface area (Å²) in [5.74, 6) is -0.458. The molecule has 1 atom stereocenters. The van der Waals surface area contributed by atoms with Gasteiger partial charge < -0.3 is 20.6 Å². The van der Waals surface area contributed by atoms with Crippen LogP contribution in [0.25, 0.3) is 16.9 Å². The number of piperidine rings is 1. The standard InChI is InChI=1S/C27H32FN7O2/c1-27(2,37)25(28)16-31-26(36)21-15-30-23(24-6-5-20-11-17(13-29)14-32-35(20)24)12-22(21)33-18-7-9-34(10-8-18)19-3-4-19/h5-6,11-12,14-15,18-19,25,37H,3-4,7-10,16H2,1-2H3,(H,30,33)(H,31,36). The number of hydrogen-bond acceptors (Lipinski definition) is 7. The first-order valence-corrected chi connectivity index (χ1v) is 12.8. The zero-order valence-corrected chi connectivity index (χ0v) is 21.1. The van der Waals surface area contributed by atoms with Crippen LogP contribution in [0.15, 0.2) is 36.7 Å². The maximum atomic E-state index is 14.3. The van der Waals surface area contributed by atoms with Gasteiger partial charge in [-0.05, 0) is 63.8 Å². The molecule has 3 aromatic heterocycles. The van der Waals surface area contributed by atoms with Crippen molar-refractivity contribution in [3.8, 4) is 17.5 Å². The molecule has 2 aliphatic rings. The molecular formula is C27H32FN7O2. The van der Waals surface area contributed by atoms with Crippen molar-refractivity contribution in [3.05, 3.63) is 47.8 Å². The molecule has 0 aromatic carbocycles. The summed E-state index contributed by atoms with van der Waals surface area (Å²) in [6.07, 6.45) is 5.88. The third-order valence-corrected chi connectivity index (χ3v) is 7.20. The molecule has 3 aromatic rings. The number of amides is 1. The topological polar surface area (TPSA) is 119 Å². The fourth-order valence-corrected chi connectivity index (χ4v) is 4.75. The number of likely N-dealkylation sites (tertiary alicyclic amines) is 1. The first kappa shape index (κ1) is 25.1. The number of carbonyl (C=O) groups is 1. The highest BCUT2D eigenvalue weighted by Crippen LogP contribution is 2.31. The zero-order chi connectivity index (χ0) is 26.2. The van der Waals surface area contributed by atoms with E-state index >= 15 is 0 Å². The Morgan fingerprint density at radius 2 is 2.00 bits per heavy atom. The van der Waals surface area contributed by atoms with E-state index in [2.05, 4.69) is 31.7 Å². The monoisotopic (exact) mass is 505 g/mol. The van der Waals surface area contributed by atoms with E-state index < -0.39 is 17.7 Å². The summed E-state index contributed by atoms with van der Waals surface area (Å²) in [7, 11) is 0. The van der Waals surface area contributed by atoms with Crippen LogP contribution in [0, 0.1) is 11.3 Å². The second-order valence-electron chi connectivity index (χ2n) is 10.5. The van der Waals surface area contributed by atoms with Crippen molar-refractivity contribution >= 4 is 17.1 Å². The Kier molecular flexibility index (Phi) is 6.84. The van der Waals surface area contributed by atoms with Gasteiger partial charge in [0, 0.05) is 31.4 Å². The fourth-order valence-electron chi connectivity index (χ4n) is 4.75. The molecule has 1 saturated carbocycles. The molecule has 1 saturated heterocycles. The van der Waals surface area contributed by atoms with Gasteiger partial charge in [-0.3, -0.25) is 9.78 Å². The number of nitrogens with one attached hydrogen (secondary N) is 2. The van der Waals surface area contributed by atoms with Gasteiger partial charge in [0.2, 0.25) is 0 Å². The molecule has 37 heavy (non-hydrogen) atoms. The number of aliphatic hydroxyl groups is 1. The smallest absolute Gasteiger partial charge is 0.255 e. The summed E-state index contributed by atoms with van der Waals surface area (Å²) < 4.78 is 16.0. The molecule has 194 valence electrons. The summed E-state index contributed by atoms with van der Waals surface area (Å²) in [4.78, 5) is 20.1. The van der Waals surface area contributed by atoms with E-state index in [-0.39, 0.29) is 12.6 Å².